The molecule has 1 rings (SSSR count). The van der Waals surface area contributed by atoms with Crippen molar-refractivity contribution in [2.45, 2.75) is 44.8 Å². The van der Waals surface area contributed by atoms with Gasteiger partial charge in [-0.15, -0.1) is 5.06 Å². The number of nitrogens with zero attached hydrogens (tertiary/aromatic N) is 1. The van der Waals surface area contributed by atoms with E-state index in [9.17, 15) is 18.0 Å². The third kappa shape index (κ3) is 4.14. The van der Waals surface area contributed by atoms with E-state index >= 15 is 0 Å². The summed E-state index contributed by atoms with van der Waals surface area (Å²) in [5.74, 6) is -1.79. The van der Waals surface area contributed by atoms with Crippen molar-refractivity contribution >= 4 is 22.1 Å². The van der Waals surface area contributed by atoms with Crippen molar-refractivity contribution in [1.29, 1.82) is 0 Å². The number of ether oxygens (including phenoxy) is 2. The molecule has 0 bridgehead atoms. The summed E-state index contributed by atoms with van der Waals surface area (Å²) < 4.78 is 37.3. The molecule has 9 heteroatoms. The molecule has 0 unspecified atom stereocenters. The van der Waals surface area contributed by atoms with Crippen LogP contribution in [0.4, 0.5) is 0 Å². The van der Waals surface area contributed by atoms with Gasteiger partial charge in [-0.2, -0.15) is 12.7 Å². The lowest BCUT2D eigenvalue weighted by atomic mass is 9.97. The first-order valence-electron chi connectivity index (χ1n) is 6.41. The molecule has 0 aromatic heterocycles. The molecule has 8 nitrogen and oxygen atoms in total. The van der Waals surface area contributed by atoms with Gasteiger partial charge in [0.25, 0.3) is 10.1 Å². The second-order valence-corrected chi connectivity index (χ2v) is 7.40. The van der Waals surface area contributed by atoms with Crippen LogP contribution in [0, 0.1) is 0 Å². The van der Waals surface area contributed by atoms with Gasteiger partial charge in [0.1, 0.15) is 5.60 Å². The van der Waals surface area contributed by atoms with E-state index in [1.165, 1.54) is 0 Å². The highest BCUT2D eigenvalue weighted by Gasteiger charge is 2.59. The molecule has 122 valence electrons. The van der Waals surface area contributed by atoms with Crippen LogP contribution in [-0.4, -0.2) is 56.5 Å². The highest BCUT2D eigenvalue weighted by atomic mass is 32.2. The van der Waals surface area contributed by atoms with E-state index in [4.69, 9.17) is 9.02 Å². The highest BCUT2D eigenvalue weighted by Crippen LogP contribution is 2.34. The summed E-state index contributed by atoms with van der Waals surface area (Å²) in [6.07, 6.45) is 1.29. The molecule has 0 radical (unpaired) electrons. The fourth-order valence-electron chi connectivity index (χ4n) is 2.08. The molecule has 0 aromatic carbocycles. The van der Waals surface area contributed by atoms with E-state index in [1.807, 2.05) is 0 Å². The van der Waals surface area contributed by atoms with Crippen LogP contribution >= 0.6 is 0 Å². The predicted octanol–water partition coefficient (Wildman–Crippen LogP) is 0.227. The summed E-state index contributed by atoms with van der Waals surface area (Å²) >= 11 is 0. The lowest BCUT2D eigenvalue weighted by Gasteiger charge is -2.33. The number of carbonyl (C=O) groups is 2. The van der Waals surface area contributed by atoms with Crippen molar-refractivity contribution in [2.24, 2.45) is 0 Å². The molecule has 0 spiro atoms. The van der Waals surface area contributed by atoms with E-state index in [0.717, 1.165) is 18.4 Å². The van der Waals surface area contributed by atoms with Gasteiger partial charge in [0.05, 0.1) is 13.4 Å². The molecule has 0 amide bonds. The number of carbonyl (C=O) groups excluding carboxylic acids is 2. The second-order valence-electron chi connectivity index (χ2n) is 5.84. The van der Waals surface area contributed by atoms with Crippen LogP contribution in [0.5, 0.6) is 0 Å². The number of hydrogen-bond acceptors (Lipinski definition) is 8. The molecule has 0 saturated carbocycles. The van der Waals surface area contributed by atoms with E-state index in [0.29, 0.717) is 6.42 Å². The third-order valence-electron chi connectivity index (χ3n) is 2.81. The van der Waals surface area contributed by atoms with Gasteiger partial charge < -0.3 is 9.47 Å². The van der Waals surface area contributed by atoms with Gasteiger partial charge >= 0.3 is 11.9 Å². The molecule has 0 aromatic rings. The third-order valence-corrected chi connectivity index (χ3v) is 3.26. The zero-order chi connectivity index (χ0) is 16.5. The van der Waals surface area contributed by atoms with Crippen LogP contribution in [-0.2, 0) is 33.5 Å². The smallest absolute Gasteiger partial charge is 0.341 e. The first-order chi connectivity index (χ1) is 9.42. The largest absolute Gasteiger partial charge is 0.467 e. The fraction of sp³-hybridized carbons (Fsp3) is 0.833. The van der Waals surface area contributed by atoms with Gasteiger partial charge in [-0.3, -0.25) is 0 Å². The minimum atomic E-state index is -3.89. The molecule has 0 aliphatic carbocycles. The van der Waals surface area contributed by atoms with Crippen molar-refractivity contribution in [3.8, 4) is 0 Å². The molecule has 1 atom stereocenters. The number of methoxy groups -OCH3 is 1. The highest BCUT2D eigenvalue weighted by molar-refractivity contribution is 7.85. The van der Waals surface area contributed by atoms with E-state index in [2.05, 4.69) is 4.74 Å². The molecule has 0 N–H and O–H groups in total. The zero-order valence-corrected chi connectivity index (χ0v) is 13.7. The van der Waals surface area contributed by atoms with Gasteiger partial charge in [-0.1, -0.05) is 0 Å². The van der Waals surface area contributed by atoms with Crippen molar-refractivity contribution in [3.05, 3.63) is 0 Å². The van der Waals surface area contributed by atoms with Crippen LogP contribution in [0.15, 0.2) is 0 Å². The fourth-order valence-corrected chi connectivity index (χ4v) is 2.61. The van der Waals surface area contributed by atoms with Crippen LogP contribution < -0.4 is 0 Å². The first kappa shape index (κ1) is 17.9. The van der Waals surface area contributed by atoms with Crippen LogP contribution in [0.25, 0.3) is 0 Å². The van der Waals surface area contributed by atoms with Gasteiger partial charge in [0, 0.05) is 6.54 Å². The molecular weight excluding hydrogens is 302 g/mol. The Hall–Kier alpha value is -1.19. The van der Waals surface area contributed by atoms with Crippen molar-refractivity contribution in [3.63, 3.8) is 0 Å². The number of hydrogen-bond donors (Lipinski definition) is 0. The number of rotatable bonds is 4. The maximum atomic E-state index is 12.4. The summed E-state index contributed by atoms with van der Waals surface area (Å²) in [5, 5.41) is 0.836. The molecular formula is C12H21NO7S. The summed E-state index contributed by atoms with van der Waals surface area (Å²) in [5.41, 5.74) is -2.73. The molecule has 21 heavy (non-hydrogen) atoms. The molecule has 1 aliphatic heterocycles. The van der Waals surface area contributed by atoms with Gasteiger partial charge in [-0.25, -0.2) is 9.59 Å². The average molecular weight is 323 g/mol. The van der Waals surface area contributed by atoms with Crippen LogP contribution in [0.3, 0.4) is 0 Å². The van der Waals surface area contributed by atoms with E-state index in [1.54, 1.807) is 20.8 Å². The van der Waals surface area contributed by atoms with E-state index in [-0.39, 0.29) is 13.0 Å². The number of hydroxylamine groups is 2. The van der Waals surface area contributed by atoms with Crippen molar-refractivity contribution in [1.82, 2.24) is 5.06 Å². The molecule has 1 aliphatic rings. The predicted molar refractivity (Wildman–Crippen MR) is 72.5 cm³/mol. The SMILES string of the molecule is COC(=O)[C@]1(C(=O)OC(C)(C)C)CCCN1OS(C)(=O)=O. The Bertz CT molecular complexity index is 522. The summed E-state index contributed by atoms with van der Waals surface area (Å²) in [4.78, 5) is 24.6. The first-order valence-corrected chi connectivity index (χ1v) is 8.23. The second kappa shape index (κ2) is 5.90. The van der Waals surface area contributed by atoms with Crippen LogP contribution in [0.1, 0.15) is 33.6 Å². The molecule has 1 fully saturated rings. The minimum Gasteiger partial charge on any atom is -0.467 e. The Labute approximate surface area is 124 Å². The number of esters is 2. The lowest BCUT2D eigenvalue weighted by Crippen LogP contribution is -2.59. The Balaban J connectivity index is 3.20. The minimum absolute atomic E-state index is 0.0596. The molecule has 1 heterocycles. The standard InChI is InChI=1S/C12H21NO7S/c1-11(2,3)19-10(15)12(9(14)18-4)7-6-8-13(12)20-21(5,16)17/h6-8H2,1-5H3/t12-/m0/s1. The van der Waals surface area contributed by atoms with E-state index < -0.39 is 33.2 Å². The van der Waals surface area contributed by atoms with Gasteiger partial charge in [0.2, 0.25) is 5.54 Å². The van der Waals surface area contributed by atoms with Gasteiger partial charge in [-0.05, 0) is 33.6 Å². The summed E-state index contributed by atoms with van der Waals surface area (Å²) in [7, 11) is -2.77. The van der Waals surface area contributed by atoms with Gasteiger partial charge in [0.15, 0.2) is 0 Å². The maximum Gasteiger partial charge on any atom is 0.341 e. The van der Waals surface area contributed by atoms with Crippen molar-refractivity contribution in [2.75, 3.05) is 19.9 Å². The molecule has 1 saturated heterocycles. The average Bonchev–Trinajstić information content (AvgIpc) is 2.68. The van der Waals surface area contributed by atoms with Crippen molar-refractivity contribution < 1.29 is 31.8 Å². The topological polar surface area (TPSA) is 99.2 Å². The lowest BCUT2D eigenvalue weighted by molar-refractivity contribution is -0.199. The normalized spacial score (nSPS) is 23.9. The quantitative estimate of drug-likeness (QED) is 0.535. The van der Waals surface area contributed by atoms with Crippen LogP contribution in [0.2, 0.25) is 0 Å². The zero-order valence-electron chi connectivity index (χ0n) is 12.8. The summed E-state index contributed by atoms with van der Waals surface area (Å²) in [6.45, 7) is 5.03. The Kier molecular flexibility index (Phi) is 5.01. The Morgan fingerprint density at radius 3 is 2.19 bits per heavy atom. The maximum absolute atomic E-state index is 12.4. The monoisotopic (exact) mass is 323 g/mol. The Morgan fingerprint density at radius 2 is 1.76 bits per heavy atom. The Morgan fingerprint density at radius 1 is 1.19 bits per heavy atom. The summed E-state index contributed by atoms with van der Waals surface area (Å²) in [6, 6.07) is 0.